The SMILES string of the molecule is O=C(NCCc1cccs1)C1CC2CCC1N2. The van der Waals surface area contributed by atoms with Gasteiger partial charge in [0.15, 0.2) is 0 Å². The molecular formula is C13H18N2OS. The number of carbonyl (C=O) groups is 1. The Bertz CT molecular complexity index is 390. The zero-order valence-electron chi connectivity index (χ0n) is 9.82. The van der Waals surface area contributed by atoms with E-state index in [9.17, 15) is 4.79 Å². The van der Waals surface area contributed by atoms with Gasteiger partial charge in [-0.15, -0.1) is 11.3 Å². The van der Waals surface area contributed by atoms with E-state index in [0.29, 0.717) is 12.1 Å². The Morgan fingerprint density at radius 3 is 3.12 bits per heavy atom. The standard InChI is InChI=1S/C13H18N2OS/c16-13(11-8-9-3-4-12(11)15-9)14-6-5-10-2-1-7-17-10/h1-2,7,9,11-12,15H,3-6,8H2,(H,14,16). The van der Waals surface area contributed by atoms with Crippen molar-refractivity contribution in [3.05, 3.63) is 22.4 Å². The summed E-state index contributed by atoms with van der Waals surface area (Å²) in [4.78, 5) is 13.4. The van der Waals surface area contributed by atoms with E-state index in [1.54, 1.807) is 11.3 Å². The van der Waals surface area contributed by atoms with Gasteiger partial charge in [0.25, 0.3) is 0 Å². The van der Waals surface area contributed by atoms with E-state index in [1.165, 1.54) is 17.7 Å². The van der Waals surface area contributed by atoms with Crippen LogP contribution in [0.3, 0.4) is 0 Å². The fourth-order valence-corrected chi connectivity index (χ4v) is 3.72. The normalized spacial score (nSPS) is 30.7. The van der Waals surface area contributed by atoms with Gasteiger partial charge in [0.05, 0.1) is 5.92 Å². The van der Waals surface area contributed by atoms with E-state index in [-0.39, 0.29) is 11.8 Å². The number of amides is 1. The van der Waals surface area contributed by atoms with Crippen molar-refractivity contribution in [3.63, 3.8) is 0 Å². The fourth-order valence-electron chi connectivity index (χ4n) is 3.01. The number of thiophene rings is 1. The quantitative estimate of drug-likeness (QED) is 0.851. The first kappa shape index (κ1) is 11.2. The van der Waals surface area contributed by atoms with Crippen LogP contribution in [-0.2, 0) is 11.2 Å². The molecule has 2 bridgehead atoms. The molecule has 1 aromatic heterocycles. The van der Waals surface area contributed by atoms with Crippen LogP contribution in [0.5, 0.6) is 0 Å². The highest BCUT2D eigenvalue weighted by Gasteiger charge is 2.42. The molecule has 2 aliphatic heterocycles. The maximum Gasteiger partial charge on any atom is 0.224 e. The zero-order chi connectivity index (χ0) is 11.7. The van der Waals surface area contributed by atoms with E-state index in [0.717, 1.165) is 19.4 Å². The average molecular weight is 250 g/mol. The topological polar surface area (TPSA) is 41.1 Å². The van der Waals surface area contributed by atoms with Gasteiger partial charge in [-0.2, -0.15) is 0 Å². The third-order valence-corrected chi connectivity index (χ3v) is 4.82. The van der Waals surface area contributed by atoms with E-state index >= 15 is 0 Å². The Balaban J connectivity index is 1.45. The second-order valence-corrected chi connectivity index (χ2v) is 6.04. The van der Waals surface area contributed by atoms with Crippen LogP contribution < -0.4 is 10.6 Å². The predicted molar refractivity (Wildman–Crippen MR) is 69.1 cm³/mol. The van der Waals surface area contributed by atoms with Crippen LogP contribution >= 0.6 is 11.3 Å². The lowest BCUT2D eigenvalue weighted by molar-refractivity contribution is -0.125. The van der Waals surface area contributed by atoms with Crippen molar-refractivity contribution in [2.75, 3.05) is 6.54 Å². The first-order valence-electron chi connectivity index (χ1n) is 6.39. The lowest BCUT2D eigenvalue weighted by Crippen LogP contribution is -2.38. The van der Waals surface area contributed by atoms with E-state index in [1.807, 2.05) is 0 Å². The molecule has 2 aliphatic rings. The molecule has 3 nitrogen and oxygen atoms in total. The van der Waals surface area contributed by atoms with E-state index in [2.05, 4.69) is 28.1 Å². The summed E-state index contributed by atoms with van der Waals surface area (Å²) in [7, 11) is 0. The van der Waals surface area contributed by atoms with Crippen LogP contribution in [0, 0.1) is 5.92 Å². The number of hydrogen-bond donors (Lipinski definition) is 2. The lowest BCUT2D eigenvalue weighted by Gasteiger charge is -2.19. The first-order valence-corrected chi connectivity index (χ1v) is 7.27. The molecule has 2 N–H and O–H groups in total. The molecule has 1 amide bonds. The Hall–Kier alpha value is -0.870. The molecule has 0 saturated carbocycles. The Morgan fingerprint density at radius 2 is 2.47 bits per heavy atom. The smallest absolute Gasteiger partial charge is 0.224 e. The molecule has 3 atom stereocenters. The van der Waals surface area contributed by atoms with Crippen molar-refractivity contribution < 1.29 is 4.79 Å². The minimum atomic E-state index is 0.220. The van der Waals surface area contributed by atoms with Crippen molar-refractivity contribution >= 4 is 17.2 Å². The van der Waals surface area contributed by atoms with Crippen molar-refractivity contribution in [3.8, 4) is 0 Å². The molecule has 4 heteroatoms. The van der Waals surface area contributed by atoms with Gasteiger partial charge in [-0.05, 0) is 37.1 Å². The molecule has 0 aromatic carbocycles. The van der Waals surface area contributed by atoms with Crippen LogP contribution in [-0.4, -0.2) is 24.5 Å². The second-order valence-electron chi connectivity index (χ2n) is 5.01. The summed E-state index contributed by atoms with van der Waals surface area (Å²) < 4.78 is 0. The molecule has 3 unspecified atom stereocenters. The maximum absolute atomic E-state index is 12.0. The number of carbonyl (C=O) groups excluding carboxylic acids is 1. The van der Waals surface area contributed by atoms with Gasteiger partial charge in [0.2, 0.25) is 5.91 Å². The average Bonchev–Trinajstić information content (AvgIpc) is 3.05. The van der Waals surface area contributed by atoms with Gasteiger partial charge in [0.1, 0.15) is 0 Å². The Morgan fingerprint density at radius 1 is 1.53 bits per heavy atom. The van der Waals surface area contributed by atoms with Crippen LogP contribution in [0.1, 0.15) is 24.1 Å². The first-order chi connectivity index (χ1) is 8.33. The third-order valence-electron chi connectivity index (χ3n) is 3.89. The summed E-state index contributed by atoms with van der Waals surface area (Å²) in [6.45, 7) is 0.771. The summed E-state index contributed by atoms with van der Waals surface area (Å²) in [6.07, 6.45) is 4.42. The fraction of sp³-hybridized carbons (Fsp3) is 0.615. The van der Waals surface area contributed by atoms with Gasteiger partial charge in [-0.25, -0.2) is 0 Å². The van der Waals surface area contributed by atoms with Crippen LogP contribution in [0.15, 0.2) is 17.5 Å². The van der Waals surface area contributed by atoms with Crippen LogP contribution in [0.4, 0.5) is 0 Å². The highest BCUT2D eigenvalue weighted by atomic mass is 32.1. The second kappa shape index (κ2) is 4.78. The Kier molecular flexibility index (Phi) is 3.16. The molecule has 2 saturated heterocycles. The molecule has 17 heavy (non-hydrogen) atoms. The number of rotatable bonds is 4. The van der Waals surface area contributed by atoms with E-state index in [4.69, 9.17) is 0 Å². The maximum atomic E-state index is 12.0. The monoisotopic (exact) mass is 250 g/mol. The van der Waals surface area contributed by atoms with Crippen molar-refractivity contribution in [1.82, 2.24) is 10.6 Å². The number of fused-ring (bicyclic) bond motifs is 2. The van der Waals surface area contributed by atoms with Crippen molar-refractivity contribution in [2.45, 2.75) is 37.8 Å². The highest BCUT2D eigenvalue weighted by Crippen LogP contribution is 2.33. The number of hydrogen-bond acceptors (Lipinski definition) is 3. The van der Waals surface area contributed by atoms with Gasteiger partial charge < -0.3 is 10.6 Å². The lowest BCUT2D eigenvalue weighted by atomic mass is 9.88. The molecule has 0 radical (unpaired) electrons. The van der Waals surface area contributed by atoms with E-state index < -0.39 is 0 Å². The largest absolute Gasteiger partial charge is 0.355 e. The summed E-state index contributed by atoms with van der Waals surface area (Å²) in [5.74, 6) is 0.471. The summed E-state index contributed by atoms with van der Waals surface area (Å²) >= 11 is 1.76. The third kappa shape index (κ3) is 2.38. The molecule has 3 rings (SSSR count). The predicted octanol–water partition coefficient (Wildman–Crippen LogP) is 1.55. The summed E-state index contributed by atoms with van der Waals surface area (Å²) in [6, 6.07) is 5.23. The molecular weight excluding hydrogens is 232 g/mol. The van der Waals surface area contributed by atoms with Gasteiger partial charge >= 0.3 is 0 Å². The van der Waals surface area contributed by atoms with Crippen molar-refractivity contribution in [1.29, 1.82) is 0 Å². The van der Waals surface area contributed by atoms with Crippen LogP contribution in [0.25, 0.3) is 0 Å². The van der Waals surface area contributed by atoms with Crippen LogP contribution in [0.2, 0.25) is 0 Å². The number of nitrogens with one attached hydrogen (secondary N) is 2. The highest BCUT2D eigenvalue weighted by molar-refractivity contribution is 7.09. The van der Waals surface area contributed by atoms with Gasteiger partial charge in [0, 0.05) is 23.5 Å². The molecule has 2 fully saturated rings. The van der Waals surface area contributed by atoms with Gasteiger partial charge in [-0.3, -0.25) is 4.79 Å². The van der Waals surface area contributed by atoms with Crippen molar-refractivity contribution in [2.24, 2.45) is 5.92 Å². The minimum Gasteiger partial charge on any atom is -0.355 e. The molecule has 1 aromatic rings. The summed E-state index contributed by atoms with van der Waals surface area (Å²) in [5, 5.41) is 8.66. The summed E-state index contributed by atoms with van der Waals surface area (Å²) in [5.41, 5.74) is 0. The Labute approximate surface area is 106 Å². The molecule has 92 valence electrons. The molecule has 3 heterocycles. The molecule has 0 aliphatic carbocycles. The molecule has 0 spiro atoms. The zero-order valence-corrected chi connectivity index (χ0v) is 10.6. The van der Waals surface area contributed by atoms with Gasteiger partial charge in [-0.1, -0.05) is 6.07 Å². The minimum absolute atomic E-state index is 0.220.